The first kappa shape index (κ1) is 15.1. The third kappa shape index (κ3) is 4.68. The highest BCUT2D eigenvalue weighted by molar-refractivity contribution is 7.98. The van der Waals surface area contributed by atoms with Crippen LogP contribution in [0.2, 0.25) is 0 Å². The van der Waals surface area contributed by atoms with Gasteiger partial charge in [-0.25, -0.2) is 5.10 Å². The molecule has 0 amide bonds. The molecule has 1 N–H and O–H groups in total. The zero-order chi connectivity index (χ0) is 14.4. The van der Waals surface area contributed by atoms with Crippen molar-refractivity contribution in [2.45, 2.75) is 25.7 Å². The Bertz CT molecular complexity index is 568. The first-order valence-corrected chi connectivity index (χ1v) is 8.05. The molecule has 4 nitrogen and oxygen atoms in total. The maximum atomic E-state index is 5.91. The van der Waals surface area contributed by atoms with Crippen LogP contribution in [0.5, 0.6) is 5.75 Å². The molecule has 1 aromatic carbocycles. The third-order valence-corrected chi connectivity index (χ3v) is 4.34. The van der Waals surface area contributed by atoms with Crippen LogP contribution in [0.1, 0.15) is 19.7 Å². The van der Waals surface area contributed by atoms with E-state index in [1.165, 1.54) is 0 Å². The number of aromatic amines is 1. The molecule has 1 aromatic heterocycles. The number of benzene rings is 1. The van der Waals surface area contributed by atoms with Gasteiger partial charge in [0.25, 0.3) is 4.84 Å². The maximum Gasteiger partial charge on any atom is 0.284 e. The first-order valence-electron chi connectivity index (χ1n) is 6.49. The fourth-order valence-corrected chi connectivity index (χ4v) is 2.82. The molecule has 2 rings (SSSR count). The molecule has 0 fully saturated rings. The minimum Gasteiger partial charge on any atom is -0.490 e. The average Bonchev–Trinajstić information content (AvgIpc) is 2.85. The van der Waals surface area contributed by atoms with Gasteiger partial charge in [-0.1, -0.05) is 25.1 Å². The van der Waals surface area contributed by atoms with E-state index < -0.39 is 0 Å². The van der Waals surface area contributed by atoms with Gasteiger partial charge >= 0.3 is 0 Å². The summed E-state index contributed by atoms with van der Waals surface area (Å²) in [6, 6.07) is 9.89. The second-order valence-electron chi connectivity index (χ2n) is 4.64. The normalized spacial score (nSPS) is 13.9. The highest BCUT2D eigenvalue weighted by Crippen LogP contribution is 2.20. The van der Waals surface area contributed by atoms with E-state index in [0.29, 0.717) is 16.6 Å². The van der Waals surface area contributed by atoms with Gasteiger partial charge in [0.1, 0.15) is 5.75 Å². The van der Waals surface area contributed by atoms with Gasteiger partial charge in [0.05, 0.1) is 11.9 Å². The van der Waals surface area contributed by atoms with E-state index >= 15 is 0 Å². The number of hydrogen-bond acceptors (Lipinski definition) is 5. The summed E-state index contributed by atoms with van der Waals surface area (Å²) in [5.74, 6) is 3.68. The van der Waals surface area contributed by atoms with Crippen molar-refractivity contribution in [3.8, 4) is 5.75 Å². The zero-order valence-corrected chi connectivity index (χ0v) is 13.2. The maximum absolute atomic E-state index is 5.91. The van der Waals surface area contributed by atoms with Crippen LogP contribution in [0.15, 0.2) is 34.7 Å². The lowest BCUT2D eigenvalue weighted by molar-refractivity contribution is 0.172. The second kappa shape index (κ2) is 7.50. The number of ether oxygens (including phenoxy) is 1. The van der Waals surface area contributed by atoms with E-state index in [2.05, 4.69) is 24.0 Å². The van der Waals surface area contributed by atoms with E-state index in [4.69, 9.17) is 21.4 Å². The molecule has 6 heteroatoms. The summed E-state index contributed by atoms with van der Waals surface area (Å²) in [5, 5.41) is 6.60. The van der Waals surface area contributed by atoms with Crippen molar-refractivity contribution in [1.29, 1.82) is 0 Å². The summed E-state index contributed by atoms with van der Waals surface area (Å²) in [6.07, 6.45) is 0.163. The second-order valence-corrected chi connectivity index (χ2v) is 6.04. The van der Waals surface area contributed by atoms with Crippen LogP contribution < -0.4 is 4.74 Å². The molecular formula is C14H18N2O2S2. The molecule has 108 valence electrons. The molecule has 0 saturated heterocycles. The van der Waals surface area contributed by atoms with Crippen molar-refractivity contribution in [1.82, 2.24) is 10.2 Å². The molecule has 2 unspecified atom stereocenters. The lowest BCUT2D eigenvalue weighted by atomic mass is 10.1. The fraction of sp³-hybridized carbons (Fsp3) is 0.429. The van der Waals surface area contributed by atoms with E-state index in [9.17, 15) is 0 Å². The van der Waals surface area contributed by atoms with Crippen molar-refractivity contribution in [3.05, 3.63) is 41.1 Å². The Morgan fingerprint density at radius 2 is 2.10 bits per heavy atom. The van der Waals surface area contributed by atoms with Crippen LogP contribution in [-0.2, 0) is 5.75 Å². The quantitative estimate of drug-likeness (QED) is 0.781. The number of nitrogens with zero attached hydrogens (tertiary/aromatic N) is 1. The zero-order valence-electron chi connectivity index (χ0n) is 11.5. The predicted octanol–water partition coefficient (Wildman–Crippen LogP) is 4.07. The fourth-order valence-electron chi connectivity index (χ4n) is 1.62. The average molecular weight is 310 g/mol. The van der Waals surface area contributed by atoms with Crippen LogP contribution in [0.3, 0.4) is 0 Å². The Morgan fingerprint density at radius 3 is 2.75 bits per heavy atom. The molecular weight excluding hydrogens is 292 g/mol. The van der Waals surface area contributed by atoms with Crippen molar-refractivity contribution in [2.24, 2.45) is 5.92 Å². The smallest absolute Gasteiger partial charge is 0.284 e. The number of nitrogens with one attached hydrogen (secondary N) is 1. The van der Waals surface area contributed by atoms with E-state index in [1.54, 1.807) is 11.8 Å². The Balaban J connectivity index is 1.73. The largest absolute Gasteiger partial charge is 0.490 e. The van der Waals surface area contributed by atoms with Gasteiger partial charge in [-0.05, 0) is 37.0 Å². The summed E-state index contributed by atoms with van der Waals surface area (Å²) in [7, 11) is 0. The highest BCUT2D eigenvalue weighted by atomic mass is 32.2. The monoisotopic (exact) mass is 310 g/mol. The molecule has 0 radical (unpaired) electrons. The van der Waals surface area contributed by atoms with Gasteiger partial charge in [0, 0.05) is 5.92 Å². The number of hydrogen-bond donors (Lipinski definition) is 1. The van der Waals surface area contributed by atoms with Crippen LogP contribution >= 0.6 is 24.0 Å². The van der Waals surface area contributed by atoms with Gasteiger partial charge in [-0.3, -0.25) is 0 Å². The number of thioether (sulfide) groups is 1. The number of rotatable bonds is 7. The number of para-hydroxylation sites is 1. The van der Waals surface area contributed by atoms with E-state index in [0.717, 1.165) is 17.3 Å². The minimum absolute atomic E-state index is 0.163. The van der Waals surface area contributed by atoms with Crippen LogP contribution in [-0.4, -0.2) is 22.1 Å². The van der Waals surface area contributed by atoms with Gasteiger partial charge in [0.2, 0.25) is 5.89 Å². The molecule has 0 aliphatic heterocycles. The van der Waals surface area contributed by atoms with E-state index in [-0.39, 0.29) is 6.10 Å². The molecule has 0 aliphatic carbocycles. The lowest BCUT2D eigenvalue weighted by Gasteiger charge is -2.21. The summed E-state index contributed by atoms with van der Waals surface area (Å²) < 4.78 is 11.1. The minimum atomic E-state index is 0.163. The number of aromatic nitrogens is 2. The van der Waals surface area contributed by atoms with Crippen molar-refractivity contribution in [2.75, 3.05) is 5.75 Å². The Hall–Kier alpha value is -1.27. The highest BCUT2D eigenvalue weighted by Gasteiger charge is 2.14. The molecule has 20 heavy (non-hydrogen) atoms. The van der Waals surface area contributed by atoms with Crippen LogP contribution in [0.4, 0.5) is 0 Å². The summed E-state index contributed by atoms with van der Waals surface area (Å²) in [4.78, 5) is 0.328. The Morgan fingerprint density at radius 1 is 1.35 bits per heavy atom. The van der Waals surface area contributed by atoms with Gasteiger partial charge in [-0.2, -0.15) is 11.8 Å². The summed E-state index contributed by atoms with van der Waals surface area (Å²) in [5.41, 5.74) is 0. The van der Waals surface area contributed by atoms with Crippen molar-refractivity contribution < 1.29 is 9.15 Å². The third-order valence-electron chi connectivity index (χ3n) is 2.96. The molecule has 1 heterocycles. The molecule has 0 bridgehead atoms. The summed E-state index contributed by atoms with van der Waals surface area (Å²) >= 11 is 6.60. The van der Waals surface area contributed by atoms with E-state index in [1.807, 2.05) is 30.3 Å². The van der Waals surface area contributed by atoms with Gasteiger partial charge in [0.15, 0.2) is 0 Å². The lowest BCUT2D eigenvalue weighted by Crippen LogP contribution is -2.23. The Kier molecular flexibility index (Phi) is 5.67. The number of H-pyrrole nitrogens is 1. The predicted molar refractivity (Wildman–Crippen MR) is 83.5 cm³/mol. The standard InChI is InChI=1S/C14H18N2O2S2/c1-10(8-20-9-13-15-16-14(19)18-13)11(2)17-12-6-4-3-5-7-12/h3-7,10-11H,8-9H2,1-2H3,(H,16,19). The molecule has 0 saturated carbocycles. The van der Waals surface area contributed by atoms with Gasteiger partial charge < -0.3 is 9.15 Å². The Labute approximate surface area is 127 Å². The molecule has 2 atom stereocenters. The first-order chi connectivity index (χ1) is 9.65. The van der Waals surface area contributed by atoms with Crippen LogP contribution in [0.25, 0.3) is 0 Å². The summed E-state index contributed by atoms with van der Waals surface area (Å²) in [6.45, 7) is 4.28. The van der Waals surface area contributed by atoms with Crippen LogP contribution in [0, 0.1) is 10.8 Å². The molecule has 0 aliphatic rings. The van der Waals surface area contributed by atoms with Gasteiger partial charge in [-0.15, -0.1) is 5.10 Å². The topological polar surface area (TPSA) is 51.0 Å². The van der Waals surface area contributed by atoms with Crippen molar-refractivity contribution in [3.63, 3.8) is 0 Å². The van der Waals surface area contributed by atoms with Crippen molar-refractivity contribution >= 4 is 24.0 Å². The molecule has 2 aromatic rings. The molecule has 0 spiro atoms. The SMILES string of the molecule is CC(CSCc1n[nH]c(=S)o1)C(C)Oc1ccccc1.